The fraction of sp³-hybridized carbons (Fsp3) is 0.500. The van der Waals surface area contributed by atoms with Crippen LogP contribution in [-0.2, 0) is 0 Å². The van der Waals surface area contributed by atoms with Gasteiger partial charge in [-0.15, -0.1) is 0 Å². The molecule has 0 unspecified atom stereocenters. The van der Waals surface area contributed by atoms with Crippen LogP contribution in [-0.4, -0.2) is 35.1 Å². The van der Waals surface area contributed by atoms with Crippen molar-refractivity contribution >= 4 is 11.8 Å². The molecule has 1 N–H and O–H groups in total. The number of rotatable bonds is 2. The normalized spacial score (nSPS) is 19.0. The van der Waals surface area contributed by atoms with Crippen LogP contribution < -0.4 is 4.90 Å². The predicted molar refractivity (Wildman–Crippen MR) is 62.2 cm³/mol. The monoisotopic (exact) mass is 274 g/mol. The zero-order chi connectivity index (χ0) is 14.0. The predicted octanol–water partition coefficient (Wildman–Crippen LogP) is 2.54. The summed E-state index contributed by atoms with van der Waals surface area (Å²) in [5.41, 5.74) is -0.174. The van der Waals surface area contributed by atoms with E-state index in [0.717, 1.165) is 12.1 Å². The number of carboxylic acids is 1. The van der Waals surface area contributed by atoms with Gasteiger partial charge in [-0.2, -0.15) is 4.39 Å². The Morgan fingerprint density at radius 1 is 1.32 bits per heavy atom. The number of carbonyl (C=O) groups is 1. The molecule has 0 spiro atoms. The summed E-state index contributed by atoms with van der Waals surface area (Å²) in [4.78, 5) is 16.0. The van der Waals surface area contributed by atoms with Gasteiger partial charge in [0.2, 0.25) is 11.9 Å². The average Bonchev–Trinajstić information content (AvgIpc) is 2.49. The minimum absolute atomic E-state index is 0.0380. The van der Waals surface area contributed by atoms with Crippen LogP contribution in [0.4, 0.5) is 19.0 Å². The van der Waals surface area contributed by atoms with E-state index in [2.05, 4.69) is 4.98 Å². The Bertz CT molecular complexity index is 494. The van der Waals surface area contributed by atoms with E-state index >= 15 is 0 Å². The quantitative estimate of drug-likeness (QED) is 0.842. The van der Waals surface area contributed by atoms with Gasteiger partial charge in [0.25, 0.3) is 0 Å². The van der Waals surface area contributed by atoms with Crippen molar-refractivity contribution in [2.75, 3.05) is 18.0 Å². The molecule has 0 aromatic carbocycles. The van der Waals surface area contributed by atoms with E-state index in [0.29, 0.717) is 0 Å². The SMILES string of the molecule is O=C(O)c1ccc(F)nc1N1CCCC(F)(F)CC1. The van der Waals surface area contributed by atoms with Gasteiger partial charge in [0.1, 0.15) is 11.4 Å². The first-order chi connectivity index (χ1) is 8.89. The highest BCUT2D eigenvalue weighted by Gasteiger charge is 2.33. The second-order valence-electron chi connectivity index (χ2n) is 4.51. The number of hydrogen-bond acceptors (Lipinski definition) is 3. The van der Waals surface area contributed by atoms with E-state index < -0.39 is 17.8 Å². The first-order valence-electron chi connectivity index (χ1n) is 5.92. The van der Waals surface area contributed by atoms with E-state index in [1.165, 1.54) is 4.90 Å². The molecule has 0 saturated carbocycles. The second kappa shape index (κ2) is 5.07. The molecule has 2 heterocycles. The molecule has 4 nitrogen and oxygen atoms in total. The summed E-state index contributed by atoms with van der Waals surface area (Å²) < 4.78 is 39.6. The van der Waals surface area contributed by atoms with Gasteiger partial charge >= 0.3 is 5.97 Å². The Balaban J connectivity index is 2.30. The topological polar surface area (TPSA) is 53.4 Å². The maximum Gasteiger partial charge on any atom is 0.339 e. The van der Waals surface area contributed by atoms with Crippen molar-refractivity contribution in [1.82, 2.24) is 4.98 Å². The largest absolute Gasteiger partial charge is 0.478 e. The van der Waals surface area contributed by atoms with Gasteiger partial charge in [-0.3, -0.25) is 0 Å². The molecule has 0 bridgehead atoms. The first kappa shape index (κ1) is 13.6. The van der Waals surface area contributed by atoms with Crippen molar-refractivity contribution in [3.63, 3.8) is 0 Å². The Hall–Kier alpha value is -1.79. The molecule has 104 valence electrons. The van der Waals surface area contributed by atoms with Crippen molar-refractivity contribution < 1.29 is 23.1 Å². The van der Waals surface area contributed by atoms with Gasteiger partial charge in [0.05, 0.1) is 0 Å². The summed E-state index contributed by atoms with van der Waals surface area (Å²) >= 11 is 0. The summed E-state index contributed by atoms with van der Waals surface area (Å²) in [5, 5.41) is 9.02. The number of alkyl halides is 2. The Labute approximate surface area is 107 Å². The van der Waals surface area contributed by atoms with Crippen LogP contribution in [0.1, 0.15) is 29.6 Å². The van der Waals surface area contributed by atoms with Gasteiger partial charge in [-0.25, -0.2) is 18.6 Å². The van der Waals surface area contributed by atoms with Gasteiger partial charge in [0, 0.05) is 25.9 Å². The van der Waals surface area contributed by atoms with Crippen LogP contribution in [0.2, 0.25) is 0 Å². The molecule has 19 heavy (non-hydrogen) atoms. The fourth-order valence-corrected chi connectivity index (χ4v) is 2.11. The minimum atomic E-state index is -2.76. The standard InChI is InChI=1S/C12H13F3N2O2/c13-9-3-2-8(11(18)19)10(16-9)17-6-1-4-12(14,15)5-7-17/h2-3H,1,4-7H2,(H,18,19). The van der Waals surface area contributed by atoms with Crippen molar-refractivity contribution in [2.45, 2.75) is 25.2 Å². The van der Waals surface area contributed by atoms with Gasteiger partial charge in [-0.05, 0) is 18.6 Å². The van der Waals surface area contributed by atoms with Gasteiger partial charge in [0.15, 0.2) is 0 Å². The van der Waals surface area contributed by atoms with Crippen molar-refractivity contribution in [2.24, 2.45) is 0 Å². The summed E-state index contributed by atoms with van der Waals surface area (Å²) in [7, 11) is 0. The number of nitrogens with zero attached hydrogens (tertiary/aromatic N) is 2. The molecule has 0 radical (unpaired) electrons. The summed E-state index contributed by atoms with van der Waals surface area (Å²) in [6, 6.07) is 2.04. The molecule has 2 rings (SSSR count). The number of anilines is 1. The van der Waals surface area contributed by atoms with Crippen molar-refractivity contribution in [3.8, 4) is 0 Å². The summed E-state index contributed by atoms with van der Waals surface area (Å²) in [6.45, 7) is 0.204. The molecule has 1 aliphatic heterocycles. The highest BCUT2D eigenvalue weighted by molar-refractivity contribution is 5.93. The van der Waals surface area contributed by atoms with E-state index in [9.17, 15) is 18.0 Å². The molecular weight excluding hydrogens is 261 g/mol. The molecule has 1 fully saturated rings. The number of aromatic nitrogens is 1. The van der Waals surface area contributed by atoms with Gasteiger partial charge in [-0.1, -0.05) is 0 Å². The maximum atomic E-state index is 13.3. The lowest BCUT2D eigenvalue weighted by atomic mass is 10.1. The Morgan fingerprint density at radius 3 is 2.74 bits per heavy atom. The molecule has 0 aliphatic carbocycles. The molecule has 1 aromatic rings. The second-order valence-corrected chi connectivity index (χ2v) is 4.51. The number of carboxylic acid groups (broad SMARTS) is 1. The zero-order valence-corrected chi connectivity index (χ0v) is 10.1. The lowest BCUT2D eigenvalue weighted by molar-refractivity contribution is -0.0102. The van der Waals surface area contributed by atoms with Crippen LogP contribution in [0.25, 0.3) is 0 Å². The van der Waals surface area contributed by atoms with Gasteiger partial charge < -0.3 is 10.0 Å². The average molecular weight is 274 g/mol. The number of hydrogen-bond donors (Lipinski definition) is 1. The van der Waals surface area contributed by atoms with Crippen molar-refractivity contribution in [1.29, 1.82) is 0 Å². The minimum Gasteiger partial charge on any atom is -0.478 e. The smallest absolute Gasteiger partial charge is 0.339 e. The molecule has 1 aliphatic rings. The van der Waals surface area contributed by atoms with Crippen LogP contribution in [0.5, 0.6) is 0 Å². The van der Waals surface area contributed by atoms with Crippen LogP contribution >= 0.6 is 0 Å². The third kappa shape index (κ3) is 3.15. The van der Waals surface area contributed by atoms with E-state index in [1.807, 2.05) is 0 Å². The zero-order valence-electron chi connectivity index (χ0n) is 10.1. The Kier molecular flexibility index (Phi) is 3.64. The van der Waals surface area contributed by atoms with Crippen LogP contribution in [0, 0.1) is 5.95 Å². The molecule has 1 aromatic heterocycles. The first-order valence-corrected chi connectivity index (χ1v) is 5.92. The van der Waals surface area contributed by atoms with Crippen molar-refractivity contribution in [3.05, 3.63) is 23.6 Å². The molecular formula is C12H13F3N2O2. The lowest BCUT2D eigenvalue weighted by Crippen LogP contribution is -2.28. The Morgan fingerprint density at radius 2 is 2.05 bits per heavy atom. The number of pyridine rings is 1. The molecule has 0 atom stereocenters. The fourth-order valence-electron chi connectivity index (χ4n) is 2.11. The highest BCUT2D eigenvalue weighted by Crippen LogP contribution is 2.30. The third-order valence-electron chi connectivity index (χ3n) is 3.09. The van der Waals surface area contributed by atoms with E-state index in [-0.39, 0.29) is 43.7 Å². The summed E-state index contributed by atoms with van der Waals surface area (Å²) in [5.74, 6) is -4.91. The molecule has 0 amide bonds. The number of aromatic carboxylic acids is 1. The third-order valence-corrected chi connectivity index (χ3v) is 3.09. The molecule has 7 heteroatoms. The van der Waals surface area contributed by atoms with E-state index in [1.54, 1.807) is 0 Å². The van der Waals surface area contributed by atoms with Crippen LogP contribution in [0.3, 0.4) is 0 Å². The molecule has 1 saturated heterocycles. The summed E-state index contributed by atoms with van der Waals surface area (Å²) in [6.07, 6.45) is -0.421. The highest BCUT2D eigenvalue weighted by atomic mass is 19.3. The number of halogens is 3. The maximum absolute atomic E-state index is 13.3. The van der Waals surface area contributed by atoms with E-state index in [4.69, 9.17) is 5.11 Å². The lowest BCUT2D eigenvalue weighted by Gasteiger charge is -2.23. The van der Waals surface area contributed by atoms with Crippen LogP contribution in [0.15, 0.2) is 12.1 Å².